The lowest BCUT2D eigenvalue weighted by Crippen LogP contribution is -2.42. The second kappa shape index (κ2) is 7.27. The molecule has 0 aromatic heterocycles. The Morgan fingerprint density at radius 1 is 1.55 bits per heavy atom. The van der Waals surface area contributed by atoms with E-state index in [1.807, 2.05) is 25.2 Å². The summed E-state index contributed by atoms with van der Waals surface area (Å²) >= 11 is 6.27. The fourth-order valence-corrected chi connectivity index (χ4v) is 2.46. The van der Waals surface area contributed by atoms with Gasteiger partial charge in [-0.05, 0) is 38.7 Å². The molecule has 4 nitrogen and oxygen atoms in total. The number of likely N-dealkylation sites (N-methyl/N-ethyl adjacent to an activating group) is 1. The zero-order chi connectivity index (χ0) is 14.5. The average molecular weight is 299 g/mol. The molecule has 0 saturated carbocycles. The van der Waals surface area contributed by atoms with Crippen LogP contribution in [0, 0.1) is 0 Å². The zero-order valence-corrected chi connectivity index (χ0v) is 13.1. The van der Waals surface area contributed by atoms with Crippen LogP contribution in [0.15, 0.2) is 18.2 Å². The molecule has 1 aromatic carbocycles. The molecule has 1 aliphatic rings. The molecule has 2 rings (SSSR count). The van der Waals surface area contributed by atoms with Gasteiger partial charge in [0, 0.05) is 19.1 Å². The van der Waals surface area contributed by atoms with Crippen LogP contribution in [0.1, 0.15) is 18.5 Å². The third-order valence-corrected chi connectivity index (χ3v) is 3.95. The van der Waals surface area contributed by atoms with Crippen molar-refractivity contribution < 1.29 is 9.47 Å². The molecule has 5 heteroatoms. The van der Waals surface area contributed by atoms with E-state index in [0.29, 0.717) is 11.6 Å². The molecule has 0 amide bonds. The highest BCUT2D eigenvalue weighted by Gasteiger charge is 2.18. The highest BCUT2D eigenvalue weighted by atomic mass is 35.5. The summed E-state index contributed by atoms with van der Waals surface area (Å²) < 4.78 is 11.5. The minimum absolute atomic E-state index is 0.112. The summed E-state index contributed by atoms with van der Waals surface area (Å²) in [6, 6.07) is 6.19. The molecular formula is C15H23ClN2O2. The number of morpholine rings is 1. The predicted octanol–water partition coefficient (Wildman–Crippen LogP) is 2.33. The normalized spacial score (nSPS) is 21.7. The second-order valence-electron chi connectivity index (χ2n) is 5.27. The van der Waals surface area contributed by atoms with Crippen molar-refractivity contribution in [3.8, 4) is 5.75 Å². The number of nitrogens with zero attached hydrogens (tertiary/aromatic N) is 1. The number of hydrogen-bond donors (Lipinski definition) is 1. The minimum Gasteiger partial charge on any atom is -0.489 e. The van der Waals surface area contributed by atoms with Gasteiger partial charge in [-0.1, -0.05) is 17.7 Å². The van der Waals surface area contributed by atoms with Crippen LogP contribution in [0.3, 0.4) is 0 Å². The maximum atomic E-state index is 6.27. The van der Waals surface area contributed by atoms with Gasteiger partial charge in [-0.25, -0.2) is 0 Å². The second-order valence-corrected chi connectivity index (χ2v) is 5.67. The number of halogens is 1. The largest absolute Gasteiger partial charge is 0.489 e. The van der Waals surface area contributed by atoms with Crippen molar-refractivity contribution in [3.05, 3.63) is 28.8 Å². The van der Waals surface area contributed by atoms with Crippen molar-refractivity contribution in [3.63, 3.8) is 0 Å². The molecule has 1 N–H and O–H groups in total. The van der Waals surface area contributed by atoms with Gasteiger partial charge in [-0.3, -0.25) is 0 Å². The fraction of sp³-hybridized carbons (Fsp3) is 0.600. The third kappa shape index (κ3) is 4.09. The van der Waals surface area contributed by atoms with Crippen molar-refractivity contribution in [2.24, 2.45) is 0 Å². The maximum absolute atomic E-state index is 6.27. The van der Waals surface area contributed by atoms with E-state index < -0.39 is 0 Å². The quantitative estimate of drug-likeness (QED) is 0.905. The van der Waals surface area contributed by atoms with E-state index in [-0.39, 0.29) is 12.1 Å². The Hall–Kier alpha value is -0.810. The monoisotopic (exact) mass is 298 g/mol. The van der Waals surface area contributed by atoms with Crippen LogP contribution >= 0.6 is 11.6 Å². The molecule has 1 heterocycles. The summed E-state index contributed by atoms with van der Waals surface area (Å²) in [7, 11) is 4.02. The molecule has 1 aliphatic heterocycles. The van der Waals surface area contributed by atoms with Crippen LogP contribution in [-0.2, 0) is 4.74 Å². The van der Waals surface area contributed by atoms with Crippen molar-refractivity contribution in [2.45, 2.75) is 19.1 Å². The van der Waals surface area contributed by atoms with Gasteiger partial charge in [-0.15, -0.1) is 0 Å². The lowest BCUT2D eigenvalue weighted by Gasteiger charge is -2.29. The molecule has 2 unspecified atom stereocenters. The summed E-state index contributed by atoms with van der Waals surface area (Å²) in [6.07, 6.45) is 0.112. The van der Waals surface area contributed by atoms with Crippen molar-refractivity contribution >= 4 is 11.6 Å². The minimum atomic E-state index is 0.112. The molecule has 0 spiro atoms. The number of benzene rings is 1. The van der Waals surface area contributed by atoms with Gasteiger partial charge in [0.1, 0.15) is 18.5 Å². The van der Waals surface area contributed by atoms with Crippen LogP contribution < -0.4 is 10.1 Å². The number of rotatable bonds is 5. The van der Waals surface area contributed by atoms with Crippen LogP contribution in [0.5, 0.6) is 5.75 Å². The van der Waals surface area contributed by atoms with E-state index in [0.717, 1.165) is 31.0 Å². The van der Waals surface area contributed by atoms with Crippen molar-refractivity contribution in [2.75, 3.05) is 40.4 Å². The van der Waals surface area contributed by atoms with Crippen LogP contribution in [0.2, 0.25) is 5.02 Å². The molecule has 0 aliphatic carbocycles. The molecule has 1 saturated heterocycles. The molecule has 0 radical (unpaired) electrons. The van der Waals surface area contributed by atoms with E-state index >= 15 is 0 Å². The average Bonchev–Trinajstić information content (AvgIpc) is 2.45. The summed E-state index contributed by atoms with van der Waals surface area (Å²) in [6.45, 7) is 5.26. The van der Waals surface area contributed by atoms with Gasteiger partial charge in [0.2, 0.25) is 0 Å². The van der Waals surface area contributed by atoms with Gasteiger partial charge < -0.3 is 19.7 Å². The van der Waals surface area contributed by atoms with Crippen molar-refractivity contribution in [1.82, 2.24) is 10.2 Å². The first-order valence-electron chi connectivity index (χ1n) is 7.00. The first-order valence-corrected chi connectivity index (χ1v) is 7.37. The van der Waals surface area contributed by atoms with E-state index in [9.17, 15) is 0 Å². The van der Waals surface area contributed by atoms with Crippen LogP contribution in [0.25, 0.3) is 0 Å². The molecule has 112 valence electrons. The Balaban J connectivity index is 1.92. The standard InChI is InChI=1S/C15H23ClN2O2/c1-11(17-2)12-4-5-15(14(16)8-12)20-10-13-9-18(3)6-7-19-13/h4-5,8,11,13,17H,6-7,9-10H2,1-3H3. The van der Waals surface area contributed by atoms with Gasteiger partial charge in [0.25, 0.3) is 0 Å². The number of nitrogens with one attached hydrogen (secondary N) is 1. The summed E-state index contributed by atoms with van der Waals surface area (Å²) in [4.78, 5) is 2.25. The Kier molecular flexibility index (Phi) is 5.66. The maximum Gasteiger partial charge on any atom is 0.138 e. The lowest BCUT2D eigenvalue weighted by atomic mass is 10.1. The van der Waals surface area contributed by atoms with Crippen LogP contribution in [-0.4, -0.2) is 51.4 Å². The summed E-state index contributed by atoms with van der Waals surface area (Å²) in [5.41, 5.74) is 1.15. The SMILES string of the molecule is CNC(C)c1ccc(OCC2CN(C)CCO2)c(Cl)c1. The topological polar surface area (TPSA) is 33.7 Å². The molecule has 1 fully saturated rings. The number of ether oxygens (including phenoxy) is 2. The molecule has 0 bridgehead atoms. The molecule has 1 aromatic rings. The van der Waals surface area contributed by atoms with Crippen molar-refractivity contribution in [1.29, 1.82) is 0 Å². The third-order valence-electron chi connectivity index (χ3n) is 3.66. The Bertz CT molecular complexity index is 442. The fourth-order valence-electron chi connectivity index (χ4n) is 2.22. The Morgan fingerprint density at radius 3 is 3.00 bits per heavy atom. The van der Waals surface area contributed by atoms with E-state index in [1.54, 1.807) is 0 Å². The van der Waals surface area contributed by atoms with E-state index in [2.05, 4.69) is 24.2 Å². The molecule has 20 heavy (non-hydrogen) atoms. The van der Waals surface area contributed by atoms with E-state index in [4.69, 9.17) is 21.1 Å². The highest BCUT2D eigenvalue weighted by molar-refractivity contribution is 6.32. The van der Waals surface area contributed by atoms with Gasteiger partial charge in [-0.2, -0.15) is 0 Å². The van der Waals surface area contributed by atoms with Gasteiger partial charge in [0.05, 0.1) is 11.6 Å². The summed E-state index contributed by atoms with van der Waals surface area (Å²) in [5, 5.41) is 3.84. The summed E-state index contributed by atoms with van der Waals surface area (Å²) in [5.74, 6) is 0.718. The predicted molar refractivity (Wildman–Crippen MR) is 81.7 cm³/mol. The molecule has 2 atom stereocenters. The smallest absolute Gasteiger partial charge is 0.138 e. The first kappa shape index (κ1) is 15.6. The first-order chi connectivity index (χ1) is 9.60. The lowest BCUT2D eigenvalue weighted by molar-refractivity contribution is -0.0403. The highest BCUT2D eigenvalue weighted by Crippen LogP contribution is 2.28. The zero-order valence-electron chi connectivity index (χ0n) is 12.4. The van der Waals surface area contributed by atoms with Gasteiger partial charge >= 0.3 is 0 Å². The van der Waals surface area contributed by atoms with Crippen LogP contribution in [0.4, 0.5) is 0 Å². The van der Waals surface area contributed by atoms with Gasteiger partial charge in [0.15, 0.2) is 0 Å². The molecular weight excluding hydrogens is 276 g/mol. The van der Waals surface area contributed by atoms with E-state index in [1.165, 1.54) is 0 Å². The Morgan fingerprint density at radius 2 is 2.35 bits per heavy atom. The number of hydrogen-bond acceptors (Lipinski definition) is 4. The Labute approximate surface area is 126 Å².